The third kappa shape index (κ3) is 5.15. The highest BCUT2D eigenvalue weighted by Gasteiger charge is 2.28. The molecule has 4 aromatic rings. The molecule has 1 aliphatic heterocycles. The Bertz CT molecular complexity index is 1450. The molecule has 3 aromatic carbocycles. The largest absolute Gasteiger partial charge is 0.352 e. The molecule has 6 nitrogen and oxygen atoms in total. The predicted molar refractivity (Wildman–Crippen MR) is 139 cm³/mol. The molecule has 1 N–H and O–H groups in total. The highest BCUT2D eigenvalue weighted by atomic mass is 19.1. The minimum absolute atomic E-state index is 0.0928. The molecule has 1 amide bonds. The van der Waals surface area contributed by atoms with Crippen molar-refractivity contribution in [2.75, 3.05) is 18.0 Å². The molecule has 0 unspecified atom stereocenters. The van der Waals surface area contributed by atoms with Crippen LogP contribution < -0.4 is 15.8 Å². The molecule has 0 aliphatic carbocycles. The highest BCUT2D eigenvalue weighted by molar-refractivity contribution is 5.80. The van der Waals surface area contributed by atoms with E-state index in [0.717, 1.165) is 29.4 Å². The summed E-state index contributed by atoms with van der Waals surface area (Å²) in [4.78, 5) is 33.3. The highest BCUT2D eigenvalue weighted by Crippen LogP contribution is 2.22. The molecule has 1 saturated heterocycles. The number of para-hydroxylation sites is 2. The third-order valence-electron chi connectivity index (χ3n) is 6.74. The third-order valence-corrected chi connectivity index (χ3v) is 6.74. The molecule has 0 saturated carbocycles. The van der Waals surface area contributed by atoms with Crippen molar-refractivity contribution < 1.29 is 9.18 Å². The van der Waals surface area contributed by atoms with Gasteiger partial charge < -0.3 is 10.2 Å². The normalized spacial score (nSPS) is 15.7. The van der Waals surface area contributed by atoms with Crippen molar-refractivity contribution in [3.05, 3.63) is 106 Å². The van der Waals surface area contributed by atoms with Crippen LogP contribution in [0, 0.1) is 18.7 Å². The predicted octanol–water partition coefficient (Wildman–Crippen LogP) is 4.43. The number of piperidine rings is 1. The maximum Gasteiger partial charge on any atom is 0.294 e. The molecular weight excluding hydrogens is 455 g/mol. The second kappa shape index (κ2) is 10.3. The second-order valence-electron chi connectivity index (χ2n) is 9.43. The summed E-state index contributed by atoms with van der Waals surface area (Å²) in [5.41, 5.74) is 4.30. The van der Waals surface area contributed by atoms with Crippen LogP contribution in [0.15, 0.2) is 77.6 Å². The molecule has 1 fully saturated rings. The number of hydrogen-bond donors (Lipinski definition) is 1. The maximum absolute atomic E-state index is 13.7. The standard InChI is InChI=1S/C29H29FN4O2/c1-20-11-13-21(14-12-20)18-34-26-10-3-2-9-25(26)32-27(29(34)36)33-15-5-7-23(19-33)28(35)31-17-22-6-4-8-24(30)16-22/h2-4,6,8-14,16,23H,5,7,15,17-19H2,1H3,(H,31,35)/t23-/m0/s1. The van der Waals surface area contributed by atoms with Gasteiger partial charge in [-0.25, -0.2) is 9.37 Å². The Balaban J connectivity index is 1.39. The summed E-state index contributed by atoms with van der Waals surface area (Å²) in [6.45, 7) is 3.83. The van der Waals surface area contributed by atoms with Crippen molar-refractivity contribution in [1.82, 2.24) is 14.9 Å². The van der Waals surface area contributed by atoms with Crippen molar-refractivity contribution in [1.29, 1.82) is 0 Å². The van der Waals surface area contributed by atoms with Crippen LogP contribution in [-0.4, -0.2) is 28.5 Å². The summed E-state index contributed by atoms with van der Waals surface area (Å²) in [7, 11) is 0. The average molecular weight is 485 g/mol. The lowest BCUT2D eigenvalue weighted by Crippen LogP contribution is -2.45. The van der Waals surface area contributed by atoms with Gasteiger partial charge in [-0.3, -0.25) is 14.2 Å². The van der Waals surface area contributed by atoms with Gasteiger partial charge in [-0.1, -0.05) is 54.1 Å². The van der Waals surface area contributed by atoms with Gasteiger partial charge in [-0.15, -0.1) is 0 Å². The zero-order valence-electron chi connectivity index (χ0n) is 20.3. The van der Waals surface area contributed by atoms with Gasteiger partial charge in [0.2, 0.25) is 5.91 Å². The summed E-state index contributed by atoms with van der Waals surface area (Å²) >= 11 is 0. The SMILES string of the molecule is Cc1ccc(Cn2c(=O)c(N3CCC[C@H](C(=O)NCc4cccc(F)c4)C3)nc3ccccc32)cc1. The van der Waals surface area contributed by atoms with Crippen LogP contribution in [0.1, 0.15) is 29.5 Å². The lowest BCUT2D eigenvalue weighted by Gasteiger charge is -2.32. The summed E-state index contributed by atoms with van der Waals surface area (Å²) in [5.74, 6) is -0.311. The van der Waals surface area contributed by atoms with Gasteiger partial charge >= 0.3 is 0 Å². The molecule has 1 aliphatic rings. The van der Waals surface area contributed by atoms with Gasteiger partial charge in [-0.2, -0.15) is 0 Å². The number of halogens is 1. The van der Waals surface area contributed by atoms with Gasteiger partial charge in [0.15, 0.2) is 5.82 Å². The topological polar surface area (TPSA) is 67.2 Å². The van der Waals surface area contributed by atoms with E-state index in [9.17, 15) is 14.0 Å². The zero-order valence-corrected chi connectivity index (χ0v) is 20.3. The summed E-state index contributed by atoms with van der Waals surface area (Å²) < 4.78 is 15.2. The minimum Gasteiger partial charge on any atom is -0.352 e. The van der Waals surface area contributed by atoms with E-state index in [1.807, 2.05) is 60.4 Å². The van der Waals surface area contributed by atoms with Crippen molar-refractivity contribution in [2.24, 2.45) is 5.92 Å². The van der Waals surface area contributed by atoms with Gasteiger partial charge in [0.25, 0.3) is 5.56 Å². The van der Waals surface area contributed by atoms with E-state index >= 15 is 0 Å². The molecule has 0 spiro atoms. The van der Waals surface area contributed by atoms with Crippen LogP contribution in [0.3, 0.4) is 0 Å². The van der Waals surface area contributed by atoms with Crippen LogP contribution in [0.5, 0.6) is 0 Å². The van der Waals surface area contributed by atoms with Gasteiger partial charge in [-0.05, 0) is 55.2 Å². The first-order valence-corrected chi connectivity index (χ1v) is 12.3. The lowest BCUT2D eigenvalue weighted by atomic mass is 9.97. The van der Waals surface area contributed by atoms with E-state index in [-0.39, 0.29) is 29.7 Å². The van der Waals surface area contributed by atoms with Crippen molar-refractivity contribution >= 4 is 22.8 Å². The van der Waals surface area contributed by atoms with Gasteiger partial charge in [0, 0.05) is 19.6 Å². The molecule has 1 atom stereocenters. The van der Waals surface area contributed by atoms with Gasteiger partial charge in [0.05, 0.1) is 23.5 Å². The van der Waals surface area contributed by atoms with E-state index in [1.54, 1.807) is 16.7 Å². The summed E-state index contributed by atoms with van der Waals surface area (Å²) in [6, 6.07) is 22.0. The Morgan fingerprint density at radius 3 is 2.67 bits per heavy atom. The number of carbonyl (C=O) groups is 1. The molecule has 0 radical (unpaired) electrons. The van der Waals surface area contributed by atoms with E-state index in [0.29, 0.717) is 31.0 Å². The Morgan fingerprint density at radius 2 is 1.86 bits per heavy atom. The fourth-order valence-corrected chi connectivity index (χ4v) is 4.78. The Kier molecular flexibility index (Phi) is 6.80. The monoisotopic (exact) mass is 484 g/mol. The first kappa shape index (κ1) is 23.7. The first-order valence-electron chi connectivity index (χ1n) is 12.3. The van der Waals surface area contributed by atoms with Crippen LogP contribution in [0.2, 0.25) is 0 Å². The molecular formula is C29H29FN4O2. The number of benzene rings is 3. The van der Waals surface area contributed by atoms with Gasteiger partial charge in [0.1, 0.15) is 5.82 Å². The van der Waals surface area contributed by atoms with Crippen LogP contribution in [-0.2, 0) is 17.9 Å². The average Bonchev–Trinajstić information content (AvgIpc) is 2.90. The molecule has 7 heteroatoms. The summed E-state index contributed by atoms with van der Waals surface area (Å²) in [5, 5.41) is 2.92. The Labute approximate surface area is 209 Å². The number of amides is 1. The van der Waals surface area contributed by atoms with Crippen LogP contribution in [0.25, 0.3) is 11.0 Å². The lowest BCUT2D eigenvalue weighted by molar-refractivity contribution is -0.125. The number of hydrogen-bond acceptors (Lipinski definition) is 4. The second-order valence-corrected chi connectivity index (χ2v) is 9.43. The van der Waals surface area contributed by atoms with E-state index < -0.39 is 0 Å². The number of rotatable bonds is 6. The molecule has 36 heavy (non-hydrogen) atoms. The first-order chi connectivity index (χ1) is 17.5. The Morgan fingerprint density at radius 1 is 1.06 bits per heavy atom. The number of carbonyl (C=O) groups excluding carboxylic acids is 1. The van der Waals surface area contributed by atoms with E-state index in [1.165, 1.54) is 17.7 Å². The number of nitrogens with zero attached hydrogens (tertiary/aromatic N) is 3. The number of aryl methyl sites for hydroxylation is 1. The molecule has 2 heterocycles. The van der Waals surface area contributed by atoms with Crippen molar-refractivity contribution in [3.63, 3.8) is 0 Å². The molecule has 184 valence electrons. The summed E-state index contributed by atoms with van der Waals surface area (Å²) in [6.07, 6.45) is 1.51. The van der Waals surface area contributed by atoms with E-state index in [2.05, 4.69) is 5.32 Å². The van der Waals surface area contributed by atoms with Crippen molar-refractivity contribution in [2.45, 2.75) is 32.9 Å². The number of fused-ring (bicyclic) bond motifs is 1. The molecule has 0 bridgehead atoms. The fraction of sp³-hybridized carbons (Fsp3) is 0.276. The molecule has 1 aromatic heterocycles. The number of aromatic nitrogens is 2. The van der Waals surface area contributed by atoms with Crippen molar-refractivity contribution in [3.8, 4) is 0 Å². The number of anilines is 1. The smallest absolute Gasteiger partial charge is 0.294 e. The quantitative estimate of drug-likeness (QED) is 0.440. The minimum atomic E-state index is -0.324. The van der Waals surface area contributed by atoms with Crippen LogP contribution >= 0.6 is 0 Å². The zero-order chi connectivity index (χ0) is 25.1. The van der Waals surface area contributed by atoms with E-state index in [4.69, 9.17) is 4.98 Å². The van der Waals surface area contributed by atoms with Crippen LogP contribution in [0.4, 0.5) is 10.2 Å². The fourth-order valence-electron chi connectivity index (χ4n) is 4.78. The Hall–Kier alpha value is -4.00. The molecule has 5 rings (SSSR count). The number of nitrogens with one attached hydrogen (secondary N) is 1. The maximum atomic E-state index is 13.7.